The molecular weight excluding hydrogens is 438 g/mol. The summed E-state index contributed by atoms with van der Waals surface area (Å²) in [6, 6.07) is 10.5. The lowest BCUT2D eigenvalue weighted by molar-refractivity contribution is -0.157. The maximum absolute atomic E-state index is 13.0. The van der Waals surface area contributed by atoms with Gasteiger partial charge >= 0.3 is 5.97 Å². The first-order chi connectivity index (χ1) is 14.9. The molecule has 1 aliphatic carbocycles. The molecule has 31 heavy (non-hydrogen) atoms. The van der Waals surface area contributed by atoms with Crippen molar-refractivity contribution < 1.29 is 23.9 Å². The van der Waals surface area contributed by atoms with Crippen molar-refractivity contribution in [2.24, 2.45) is 0 Å². The van der Waals surface area contributed by atoms with Crippen LogP contribution in [0.2, 0.25) is 5.02 Å². The number of esters is 1. The van der Waals surface area contributed by atoms with Crippen molar-refractivity contribution >= 4 is 46.4 Å². The van der Waals surface area contributed by atoms with Crippen molar-refractivity contribution in [3.8, 4) is 0 Å². The van der Waals surface area contributed by atoms with E-state index in [2.05, 4.69) is 0 Å². The van der Waals surface area contributed by atoms with Gasteiger partial charge in [-0.1, -0.05) is 35.9 Å². The van der Waals surface area contributed by atoms with Crippen LogP contribution in [-0.4, -0.2) is 42.0 Å². The Kier molecular flexibility index (Phi) is 7.62. The Morgan fingerprint density at radius 3 is 2.58 bits per heavy atom. The Bertz CT molecular complexity index is 974. The number of amides is 1. The van der Waals surface area contributed by atoms with Crippen molar-refractivity contribution in [3.63, 3.8) is 0 Å². The normalized spacial score (nSPS) is 18.5. The van der Waals surface area contributed by atoms with Crippen LogP contribution in [-0.2, 0) is 24.7 Å². The van der Waals surface area contributed by atoms with Gasteiger partial charge in [-0.15, -0.1) is 11.3 Å². The number of rotatable bonds is 8. The first kappa shape index (κ1) is 23.2. The van der Waals surface area contributed by atoms with Gasteiger partial charge in [0.25, 0.3) is 5.91 Å². The lowest BCUT2D eigenvalue weighted by Gasteiger charge is -2.43. The Balaban J connectivity index is 1.65. The number of thiophene rings is 1. The van der Waals surface area contributed by atoms with Gasteiger partial charge < -0.3 is 9.64 Å². The molecule has 0 aliphatic heterocycles. The quantitative estimate of drug-likeness (QED) is 0.429. The maximum Gasteiger partial charge on any atom is 0.306 e. The second kappa shape index (κ2) is 10.2. The maximum atomic E-state index is 13.0. The van der Waals surface area contributed by atoms with Crippen LogP contribution in [0, 0.1) is 0 Å². The summed E-state index contributed by atoms with van der Waals surface area (Å²) in [5.74, 6) is -1.34. The smallest absolute Gasteiger partial charge is 0.306 e. The topological polar surface area (TPSA) is 80.8 Å². The number of Topliss-reactive ketones (excluding diaryl/α,β-unsaturated/α-hetero) is 2. The number of carbonyl (C=O) groups excluding carboxylic acids is 4. The van der Waals surface area contributed by atoms with Gasteiger partial charge in [-0.2, -0.15) is 0 Å². The Hall–Kier alpha value is -2.51. The molecule has 1 atom stereocenters. The molecule has 1 aromatic heterocycles. The van der Waals surface area contributed by atoms with Gasteiger partial charge in [0.15, 0.2) is 18.2 Å². The van der Waals surface area contributed by atoms with Gasteiger partial charge in [-0.05, 0) is 36.8 Å². The molecule has 3 rings (SSSR count). The minimum absolute atomic E-state index is 0.0193. The first-order valence-electron chi connectivity index (χ1n) is 10.1. The van der Waals surface area contributed by atoms with Gasteiger partial charge in [0.05, 0.1) is 11.3 Å². The number of ketones is 2. The summed E-state index contributed by atoms with van der Waals surface area (Å²) in [5, 5.41) is 2.21. The number of benzene rings is 1. The van der Waals surface area contributed by atoms with Gasteiger partial charge in [0, 0.05) is 30.5 Å². The zero-order valence-corrected chi connectivity index (χ0v) is 18.8. The Morgan fingerprint density at radius 2 is 1.90 bits per heavy atom. The minimum atomic E-state index is -1.17. The zero-order chi connectivity index (χ0) is 22.4. The number of ether oxygens (including phenoxy) is 1. The highest BCUT2D eigenvalue weighted by Crippen LogP contribution is 2.42. The van der Waals surface area contributed by atoms with Crippen LogP contribution in [0.4, 0.5) is 0 Å². The summed E-state index contributed by atoms with van der Waals surface area (Å²) in [7, 11) is 1.54. The van der Waals surface area contributed by atoms with E-state index in [1.165, 1.54) is 16.2 Å². The number of halogens is 1. The van der Waals surface area contributed by atoms with Crippen LogP contribution in [0.15, 0.2) is 41.8 Å². The van der Waals surface area contributed by atoms with Crippen LogP contribution in [0.5, 0.6) is 0 Å². The average molecular weight is 462 g/mol. The summed E-state index contributed by atoms with van der Waals surface area (Å²) >= 11 is 7.71. The third kappa shape index (κ3) is 5.05. The van der Waals surface area contributed by atoms with Gasteiger partial charge in [-0.3, -0.25) is 19.2 Å². The van der Waals surface area contributed by atoms with E-state index in [0.29, 0.717) is 28.3 Å². The molecule has 0 saturated heterocycles. The van der Waals surface area contributed by atoms with E-state index in [1.54, 1.807) is 48.8 Å². The molecule has 164 valence electrons. The minimum Gasteiger partial charge on any atom is -0.456 e. The molecule has 0 spiro atoms. The SMILES string of the molecule is CN(C(=O)COC(=O)CCC(=O)c1cccs1)C1(c2ccccc2Cl)CCCCC1=O. The monoisotopic (exact) mass is 461 g/mol. The Labute approximate surface area is 190 Å². The summed E-state index contributed by atoms with van der Waals surface area (Å²) in [5.41, 5.74) is -0.583. The summed E-state index contributed by atoms with van der Waals surface area (Å²) in [4.78, 5) is 52.0. The highest BCUT2D eigenvalue weighted by Gasteiger charge is 2.47. The van der Waals surface area contributed by atoms with Crippen LogP contribution < -0.4 is 0 Å². The molecule has 1 aliphatic rings. The largest absolute Gasteiger partial charge is 0.456 e. The third-order valence-electron chi connectivity index (χ3n) is 5.63. The molecular formula is C23H24ClNO5S. The first-order valence-corrected chi connectivity index (χ1v) is 11.4. The summed E-state index contributed by atoms with van der Waals surface area (Å²) in [6.45, 7) is -0.498. The van der Waals surface area contributed by atoms with Crippen LogP contribution in [0.1, 0.15) is 53.8 Å². The molecule has 1 heterocycles. The number of likely N-dealkylation sites (N-methyl/N-ethyl adjacent to an activating group) is 1. The predicted molar refractivity (Wildman–Crippen MR) is 118 cm³/mol. The van der Waals surface area contributed by atoms with E-state index in [1.807, 2.05) is 0 Å². The molecule has 1 aromatic carbocycles. The third-order valence-corrected chi connectivity index (χ3v) is 6.87. The van der Waals surface area contributed by atoms with E-state index in [4.69, 9.17) is 16.3 Å². The van der Waals surface area contributed by atoms with Crippen LogP contribution in [0.25, 0.3) is 0 Å². The highest BCUT2D eigenvalue weighted by atomic mass is 35.5. The van der Waals surface area contributed by atoms with Crippen molar-refractivity contribution in [1.29, 1.82) is 0 Å². The van der Waals surface area contributed by atoms with Gasteiger partial charge in [0.1, 0.15) is 5.54 Å². The lowest BCUT2D eigenvalue weighted by Crippen LogP contribution is -2.55. The van der Waals surface area contributed by atoms with Crippen LogP contribution >= 0.6 is 22.9 Å². The molecule has 0 bridgehead atoms. The fraction of sp³-hybridized carbons (Fsp3) is 0.391. The number of carbonyl (C=O) groups is 4. The number of hydrogen-bond acceptors (Lipinski definition) is 6. The predicted octanol–water partition coefficient (Wildman–Crippen LogP) is 4.40. The Morgan fingerprint density at radius 1 is 1.13 bits per heavy atom. The molecule has 1 unspecified atom stereocenters. The summed E-state index contributed by atoms with van der Waals surface area (Å²) < 4.78 is 5.11. The van der Waals surface area contributed by atoms with Crippen molar-refractivity contribution in [2.75, 3.05) is 13.7 Å². The van der Waals surface area contributed by atoms with Crippen molar-refractivity contribution in [2.45, 2.75) is 44.1 Å². The lowest BCUT2D eigenvalue weighted by atomic mass is 9.74. The standard InChI is InChI=1S/C23H24ClNO5S/c1-25(21(28)15-30-22(29)12-11-18(26)19-9-6-14-31-19)23(13-5-4-10-20(23)27)16-7-2-3-8-17(16)24/h2-3,6-9,14H,4-5,10-13,15H2,1H3. The fourth-order valence-electron chi connectivity index (χ4n) is 3.93. The zero-order valence-electron chi connectivity index (χ0n) is 17.3. The molecule has 0 radical (unpaired) electrons. The summed E-state index contributed by atoms with van der Waals surface area (Å²) in [6.07, 6.45) is 2.27. The van der Waals surface area contributed by atoms with Gasteiger partial charge in [-0.25, -0.2) is 0 Å². The molecule has 1 amide bonds. The highest BCUT2D eigenvalue weighted by molar-refractivity contribution is 7.12. The van der Waals surface area contributed by atoms with Crippen molar-refractivity contribution in [3.05, 3.63) is 57.2 Å². The van der Waals surface area contributed by atoms with E-state index in [9.17, 15) is 19.2 Å². The van der Waals surface area contributed by atoms with Crippen molar-refractivity contribution in [1.82, 2.24) is 4.90 Å². The molecule has 8 heteroatoms. The fourth-order valence-corrected chi connectivity index (χ4v) is 4.92. The van der Waals surface area contributed by atoms with E-state index in [0.717, 1.165) is 12.8 Å². The molecule has 6 nitrogen and oxygen atoms in total. The van der Waals surface area contributed by atoms with E-state index in [-0.39, 0.29) is 24.4 Å². The number of hydrogen-bond donors (Lipinski definition) is 0. The second-order valence-electron chi connectivity index (χ2n) is 7.48. The molecule has 0 N–H and O–H groups in total. The second-order valence-corrected chi connectivity index (χ2v) is 8.84. The molecule has 1 saturated carbocycles. The number of nitrogens with zero attached hydrogens (tertiary/aromatic N) is 1. The van der Waals surface area contributed by atoms with E-state index < -0.39 is 24.0 Å². The van der Waals surface area contributed by atoms with Crippen LogP contribution in [0.3, 0.4) is 0 Å². The van der Waals surface area contributed by atoms with E-state index >= 15 is 0 Å². The molecule has 1 fully saturated rings. The average Bonchev–Trinajstić information content (AvgIpc) is 3.31. The van der Waals surface area contributed by atoms with Gasteiger partial charge in [0.2, 0.25) is 0 Å². The molecule has 2 aromatic rings.